The summed E-state index contributed by atoms with van der Waals surface area (Å²) in [6.07, 6.45) is 3.29. The molecule has 0 bridgehead atoms. The van der Waals surface area contributed by atoms with Gasteiger partial charge in [-0.15, -0.1) is 0 Å². The maximum atomic E-state index is 5.86. The van der Waals surface area contributed by atoms with Gasteiger partial charge in [0.05, 0.1) is 0 Å². The zero-order valence-electron chi connectivity index (χ0n) is 9.30. The van der Waals surface area contributed by atoms with Crippen LogP contribution in [0.15, 0.2) is 51.2 Å². The van der Waals surface area contributed by atoms with E-state index in [0.717, 1.165) is 20.0 Å². The molecule has 2 N–H and O–H groups in total. The van der Waals surface area contributed by atoms with Gasteiger partial charge in [0, 0.05) is 21.6 Å². The van der Waals surface area contributed by atoms with E-state index in [2.05, 4.69) is 38.0 Å². The molecule has 0 radical (unpaired) electrons. The Morgan fingerprint density at radius 3 is 2.76 bits per heavy atom. The Kier molecular flexibility index (Phi) is 4.15. The molecule has 0 aliphatic heterocycles. The highest BCUT2D eigenvalue weighted by Gasteiger charge is 2.06. The highest BCUT2D eigenvalue weighted by atomic mass is 79.9. The molecular weight excluding hydrogens is 298 g/mol. The van der Waals surface area contributed by atoms with Gasteiger partial charge in [0.15, 0.2) is 0 Å². The summed E-state index contributed by atoms with van der Waals surface area (Å²) in [5.41, 5.74) is 6.97. The number of halogens is 1. The summed E-state index contributed by atoms with van der Waals surface area (Å²) < 4.78 is 1.03. The molecular formula is C12H12BrN3S. The Morgan fingerprint density at radius 2 is 2.18 bits per heavy atom. The maximum absolute atomic E-state index is 5.86. The van der Waals surface area contributed by atoms with Crippen molar-refractivity contribution in [3.05, 3.63) is 46.8 Å². The molecule has 2 rings (SSSR count). The van der Waals surface area contributed by atoms with Crippen molar-refractivity contribution in [2.75, 3.05) is 0 Å². The van der Waals surface area contributed by atoms with Crippen molar-refractivity contribution in [2.24, 2.45) is 5.73 Å². The molecule has 0 spiro atoms. The highest BCUT2D eigenvalue weighted by molar-refractivity contribution is 9.10. The molecule has 0 unspecified atom stereocenters. The van der Waals surface area contributed by atoms with Crippen LogP contribution in [0.2, 0.25) is 0 Å². The van der Waals surface area contributed by atoms with E-state index in [4.69, 9.17) is 5.73 Å². The number of hydrogen-bond acceptors (Lipinski definition) is 4. The fourth-order valence-corrected chi connectivity index (χ4v) is 3.07. The van der Waals surface area contributed by atoms with Gasteiger partial charge in [-0.1, -0.05) is 33.8 Å². The molecule has 3 nitrogen and oxygen atoms in total. The van der Waals surface area contributed by atoms with Crippen LogP contribution in [0.3, 0.4) is 0 Å². The Morgan fingerprint density at radius 1 is 1.35 bits per heavy atom. The summed E-state index contributed by atoms with van der Waals surface area (Å²) in [6, 6.07) is 8.07. The van der Waals surface area contributed by atoms with Crippen LogP contribution in [0, 0.1) is 0 Å². The predicted molar refractivity (Wildman–Crippen MR) is 72.9 cm³/mol. The van der Waals surface area contributed by atoms with Crippen LogP contribution in [0.25, 0.3) is 0 Å². The second kappa shape index (κ2) is 5.62. The van der Waals surface area contributed by atoms with Crippen LogP contribution in [0.5, 0.6) is 0 Å². The van der Waals surface area contributed by atoms with E-state index in [-0.39, 0.29) is 6.04 Å². The molecule has 0 aliphatic carbocycles. The minimum atomic E-state index is 0.0301. The maximum Gasteiger partial charge on any atom is 0.116 e. The van der Waals surface area contributed by atoms with Crippen LogP contribution >= 0.6 is 27.7 Å². The standard InChI is InChI=1S/C12H12BrN3S/c1-8(14)10-3-2-9(6-11(10)13)17-12-4-5-15-7-16-12/h2-8H,14H2,1H3/t8-/m0/s1. The first kappa shape index (κ1) is 12.5. The second-order valence-corrected chi connectivity index (χ2v) is 5.57. The van der Waals surface area contributed by atoms with E-state index in [9.17, 15) is 0 Å². The zero-order valence-corrected chi connectivity index (χ0v) is 11.7. The fraction of sp³-hybridized carbons (Fsp3) is 0.167. The normalized spacial score (nSPS) is 12.4. The minimum Gasteiger partial charge on any atom is -0.324 e. The van der Waals surface area contributed by atoms with Crippen LogP contribution in [-0.4, -0.2) is 9.97 Å². The number of aromatic nitrogens is 2. The topological polar surface area (TPSA) is 51.8 Å². The van der Waals surface area contributed by atoms with Gasteiger partial charge in [0.25, 0.3) is 0 Å². The van der Waals surface area contributed by atoms with E-state index in [1.807, 2.05) is 19.1 Å². The first-order valence-electron chi connectivity index (χ1n) is 5.15. The molecule has 5 heteroatoms. The van der Waals surface area contributed by atoms with Gasteiger partial charge >= 0.3 is 0 Å². The van der Waals surface area contributed by atoms with Crippen molar-refractivity contribution in [3.63, 3.8) is 0 Å². The molecule has 1 aromatic carbocycles. The number of rotatable bonds is 3. The van der Waals surface area contributed by atoms with Crippen LogP contribution in [0.1, 0.15) is 18.5 Å². The lowest BCUT2D eigenvalue weighted by molar-refractivity contribution is 0.811. The minimum absolute atomic E-state index is 0.0301. The SMILES string of the molecule is C[C@H](N)c1ccc(Sc2ccncn2)cc1Br. The third-order valence-corrected chi connectivity index (χ3v) is 3.87. The van der Waals surface area contributed by atoms with Crippen LogP contribution in [-0.2, 0) is 0 Å². The molecule has 1 heterocycles. The van der Waals surface area contributed by atoms with E-state index >= 15 is 0 Å². The van der Waals surface area contributed by atoms with Crippen molar-refractivity contribution in [3.8, 4) is 0 Å². The second-order valence-electron chi connectivity index (χ2n) is 3.62. The van der Waals surface area contributed by atoms with Gasteiger partial charge in [0.1, 0.15) is 11.4 Å². The smallest absolute Gasteiger partial charge is 0.116 e. The number of nitrogens with zero attached hydrogens (tertiary/aromatic N) is 2. The molecule has 0 aliphatic rings. The van der Waals surface area contributed by atoms with Gasteiger partial charge in [0.2, 0.25) is 0 Å². The largest absolute Gasteiger partial charge is 0.324 e. The van der Waals surface area contributed by atoms with E-state index < -0.39 is 0 Å². The average Bonchev–Trinajstić information content (AvgIpc) is 2.30. The molecule has 1 aromatic heterocycles. The molecule has 1 atom stereocenters. The first-order valence-corrected chi connectivity index (χ1v) is 6.76. The monoisotopic (exact) mass is 309 g/mol. The molecule has 0 fully saturated rings. The van der Waals surface area contributed by atoms with Crippen molar-refractivity contribution < 1.29 is 0 Å². The quantitative estimate of drug-likeness (QED) is 0.883. The van der Waals surface area contributed by atoms with Gasteiger partial charge in [-0.25, -0.2) is 9.97 Å². The van der Waals surface area contributed by atoms with E-state index in [0.29, 0.717) is 0 Å². The Balaban J connectivity index is 2.21. The van der Waals surface area contributed by atoms with Crippen LogP contribution in [0.4, 0.5) is 0 Å². The van der Waals surface area contributed by atoms with Gasteiger partial charge in [-0.05, 0) is 30.7 Å². The number of hydrogen-bond donors (Lipinski definition) is 1. The fourth-order valence-electron chi connectivity index (χ4n) is 1.40. The van der Waals surface area contributed by atoms with Crippen LogP contribution < -0.4 is 5.73 Å². The van der Waals surface area contributed by atoms with Gasteiger partial charge in [-0.3, -0.25) is 0 Å². The molecule has 88 valence electrons. The van der Waals surface area contributed by atoms with E-state index in [1.54, 1.807) is 24.3 Å². The van der Waals surface area contributed by atoms with Crippen molar-refractivity contribution in [1.82, 2.24) is 9.97 Å². The lowest BCUT2D eigenvalue weighted by atomic mass is 10.1. The molecule has 0 amide bonds. The highest BCUT2D eigenvalue weighted by Crippen LogP contribution is 2.31. The molecule has 2 aromatic rings. The Labute approximate surface area is 113 Å². The average molecular weight is 310 g/mol. The molecule has 17 heavy (non-hydrogen) atoms. The third kappa shape index (κ3) is 3.28. The summed E-state index contributed by atoms with van der Waals surface area (Å²) in [7, 11) is 0. The molecule has 0 saturated carbocycles. The van der Waals surface area contributed by atoms with Crippen molar-refractivity contribution >= 4 is 27.7 Å². The first-order chi connectivity index (χ1) is 8.16. The van der Waals surface area contributed by atoms with E-state index in [1.165, 1.54) is 0 Å². The summed E-state index contributed by atoms with van der Waals surface area (Å²) >= 11 is 5.14. The van der Waals surface area contributed by atoms with Crippen molar-refractivity contribution in [2.45, 2.75) is 22.9 Å². The number of nitrogens with two attached hydrogens (primary N) is 1. The lowest BCUT2D eigenvalue weighted by Crippen LogP contribution is -2.05. The Hall–Kier alpha value is -0.910. The Bertz CT molecular complexity index is 502. The lowest BCUT2D eigenvalue weighted by Gasteiger charge is -2.09. The van der Waals surface area contributed by atoms with Gasteiger partial charge < -0.3 is 5.73 Å². The summed E-state index contributed by atoms with van der Waals surface area (Å²) in [4.78, 5) is 9.19. The summed E-state index contributed by atoms with van der Waals surface area (Å²) in [5.74, 6) is 0. The zero-order chi connectivity index (χ0) is 12.3. The molecule has 0 saturated heterocycles. The predicted octanol–water partition coefficient (Wildman–Crippen LogP) is 3.41. The summed E-state index contributed by atoms with van der Waals surface area (Å²) in [5, 5.41) is 0.931. The van der Waals surface area contributed by atoms with Gasteiger partial charge in [-0.2, -0.15) is 0 Å². The number of benzene rings is 1. The summed E-state index contributed by atoms with van der Waals surface area (Å²) in [6.45, 7) is 1.97. The third-order valence-electron chi connectivity index (χ3n) is 2.24. The van der Waals surface area contributed by atoms with Crippen molar-refractivity contribution in [1.29, 1.82) is 0 Å².